The van der Waals surface area contributed by atoms with Crippen molar-refractivity contribution in [2.75, 3.05) is 17.7 Å². The minimum absolute atomic E-state index is 0.0416. The third-order valence-corrected chi connectivity index (χ3v) is 4.80. The number of rotatable bonds is 3. The highest BCUT2D eigenvalue weighted by molar-refractivity contribution is 9.10. The number of methoxy groups -OCH3 is 1. The van der Waals surface area contributed by atoms with Crippen molar-refractivity contribution in [3.63, 3.8) is 0 Å². The Morgan fingerprint density at radius 3 is 2.62 bits per heavy atom. The fourth-order valence-electron chi connectivity index (χ4n) is 2.66. The molecule has 0 bridgehead atoms. The number of hydrogen-bond donors (Lipinski definition) is 2. The smallest absolute Gasteiger partial charge is 0.255 e. The number of amides is 2. The number of ether oxygens (including phenoxy) is 1. The molecule has 1 heterocycles. The Morgan fingerprint density at radius 2 is 1.96 bits per heavy atom. The van der Waals surface area contributed by atoms with Crippen LogP contribution >= 0.6 is 15.9 Å². The van der Waals surface area contributed by atoms with Crippen molar-refractivity contribution in [2.24, 2.45) is 0 Å². The maximum atomic E-state index is 12.4. The summed E-state index contributed by atoms with van der Waals surface area (Å²) in [6, 6.07) is 10.5. The van der Waals surface area contributed by atoms with Crippen LogP contribution in [0.2, 0.25) is 0 Å². The van der Waals surface area contributed by atoms with Gasteiger partial charge in [0.1, 0.15) is 5.75 Å². The van der Waals surface area contributed by atoms with Crippen molar-refractivity contribution in [1.82, 2.24) is 0 Å². The average Bonchev–Trinajstić information content (AvgIpc) is 2.77. The van der Waals surface area contributed by atoms with E-state index in [9.17, 15) is 9.59 Å². The lowest BCUT2D eigenvalue weighted by molar-refractivity contribution is -0.119. The molecule has 0 aromatic heterocycles. The summed E-state index contributed by atoms with van der Waals surface area (Å²) in [7, 11) is 1.57. The van der Waals surface area contributed by atoms with Gasteiger partial charge in [-0.3, -0.25) is 9.59 Å². The number of hydrogen-bond acceptors (Lipinski definition) is 3. The van der Waals surface area contributed by atoms with Gasteiger partial charge in [0.25, 0.3) is 5.91 Å². The minimum atomic E-state index is -0.612. The van der Waals surface area contributed by atoms with Crippen LogP contribution in [-0.2, 0) is 10.2 Å². The summed E-state index contributed by atoms with van der Waals surface area (Å²) >= 11 is 3.37. The lowest BCUT2D eigenvalue weighted by atomic mass is 9.86. The van der Waals surface area contributed by atoms with Crippen molar-refractivity contribution in [3.8, 4) is 5.75 Å². The van der Waals surface area contributed by atoms with E-state index < -0.39 is 5.41 Å². The van der Waals surface area contributed by atoms with E-state index in [0.29, 0.717) is 21.5 Å². The van der Waals surface area contributed by atoms with Gasteiger partial charge in [-0.05, 0) is 71.7 Å². The summed E-state index contributed by atoms with van der Waals surface area (Å²) in [6.45, 7) is 3.72. The lowest BCUT2D eigenvalue weighted by Gasteiger charge is -2.16. The molecule has 6 heteroatoms. The first kappa shape index (κ1) is 16.5. The summed E-state index contributed by atoms with van der Waals surface area (Å²) in [6.07, 6.45) is 0. The Kier molecular flexibility index (Phi) is 4.09. The standard InChI is InChI=1S/C18H17BrN2O3/c1-18(2)12-9-11(5-6-14(12)21-17(18)23)20-16(22)10-4-7-15(24-3)13(19)8-10/h4-9H,1-3H3,(H,20,22)(H,21,23). The molecule has 2 N–H and O–H groups in total. The van der Waals surface area contributed by atoms with Crippen LogP contribution in [0.1, 0.15) is 29.8 Å². The molecular formula is C18H17BrN2O3. The zero-order valence-corrected chi connectivity index (χ0v) is 15.2. The largest absolute Gasteiger partial charge is 0.496 e. The number of fused-ring (bicyclic) bond motifs is 1. The molecule has 3 rings (SSSR count). The zero-order valence-electron chi connectivity index (χ0n) is 13.6. The van der Waals surface area contributed by atoms with Crippen molar-refractivity contribution in [2.45, 2.75) is 19.3 Å². The van der Waals surface area contributed by atoms with Gasteiger partial charge in [-0.2, -0.15) is 0 Å². The number of carbonyl (C=O) groups is 2. The molecular weight excluding hydrogens is 372 g/mol. The first-order valence-corrected chi connectivity index (χ1v) is 8.23. The monoisotopic (exact) mass is 388 g/mol. The second-order valence-corrected chi connectivity index (χ2v) is 7.00. The van der Waals surface area contributed by atoms with Gasteiger partial charge in [-0.25, -0.2) is 0 Å². The van der Waals surface area contributed by atoms with Crippen LogP contribution in [0.25, 0.3) is 0 Å². The van der Waals surface area contributed by atoms with E-state index in [1.54, 1.807) is 31.4 Å². The fourth-order valence-corrected chi connectivity index (χ4v) is 3.20. The number of anilines is 2. The highest BCUT2D eigenvalue weighted by Gasteiger charge is 2.38. The Hall–Kier alpha value is -2.34. The van der Waals surface area contributed by atoms with Gasteiger partial charge in [0.05, 0.1) is 17.0 Å². The summed E-state index contributed by atoms with van der Waals surface area (Å²) in [5.74, 6) is 0.392. The van der Waals surface area contributed by atoms with E-state index in [4.69, 9.17) is 4.74 Å². The van der Waals surface area contributed by atoms with E-state index in [-0.39, 0.29) is 11.8 Å². The first-order valence-electron chi connectivity index (χ1n) is 7.44. The van der Waals surface area contributed by atoms with Gasteiger partial charge < -0.3 is 15.4 Å². The number of halogens is 1. The Balaban J connectivity index is 1.85. The normalized spacial score (nSPS) is 14.8. The van der Waals surface area contributed by atoms with Crippen LogP contribution in [0.3, 0.4) is 0 Å². The SMILES string of the molecule is COc1ccc(C(=O)Nc2ccc3c(c2)C(C)(C)C(=O)N3)cc1Br. The molecule has 0 saturated carbocycles. The van der Waals surface area contributed by atoms with Crippen LogP contribution in [0.4, 0.5) is 11.4 Å². The molecule has 0 saturated heterocycles. The molecule has 2 aromatic carbocycles. The summed E-state index contributed by atoms with van der Waals surface area (Å²) in [5.41, 5.74) is 2.21. The number of nitrogens with one attached hydrogen (secondary N) is 2. The van der Waals surface area contributed by atoms with Gasteiger partial charge >= 0.3 is 0 Å². The lowest BCUT2D eigenvalue weighted by Crippen LogP contribution is -2.26. The fraction of sp³-hybridized carbons (Fsp3) is 0.222. The molecule has 5 nitrogen and oxygen atoms in total. The quantitative estimate of drug-likeness (QED) is 0.836. The van der Waals surface area contributed by atoms with E-state index in [1.807, 2.05) is 26.0 Å². The third kappa shape index (κ3) is 2.78. The summed E-state index contributed by atoms with van der Waals surface area (Å²) in [4.78, 5) is 24.4. The van der Waals surface area contributed by atoms with Crippen LogP contribution in [-0.4, -0.2) is 18.9 Å². The number of carbonyl (C=O) groups excluding carboxylic acids is 2. The molecule has 0 unspecified atom stereocenters. The van der Waals surface area contributed by atoms with Crippen LogP contribution < -0.4 is 15.4 Å². The van der Waals surface area contributed by atoms with Gasteiger partial charge in [-0.1, -0.05) is 0 Å². The molecule has 124 valence electrons. The Labute approximate surface area is 148 Å². The highest BCUT2D eigenvalue weighted by Crippen LogP contribution is 2.38. The first-order chi connectivity index (χ1) is 11.3. The van der Waals surface area contributed by atoms with Crippen molar-refractivity contribution in [3.05, 3.63) is 52.0 Å². The average molecular weight is 389 g/mol. The van der Waals surface area contributed by atoms with Crippen LogP contribution in [0, 0.1) is 0 Å². The Bertz CT molecular complexity index is 846. The molecule has 1 aliphatic rings. The van der Waals surface area contributed by atoms with Gasteiger partial charge in [0.2, 0.25) is 5.91 Å². The second kappa shape index (κ2) is 5.94. The molecule has 0 aliphatic carbocycles. The van der Waals surface area contributed by atoms with Gasteiger partial charge in [-0.15, -0.1) is 0 Å². The van der Waals surface area contributed by atoms with Gasteiger partial charge in [0.15, 0.2) is 0 Å². The molecule has 24 heavy (non-hydrogen) atoms. The zero-order chi connectivity index (χ0) is 17.5. The summed E-state index contributed by atoms with van der Waals surface area (Å²) in [5, 5.41) is 5.71. The van der Waals surface area contributed by atoms with Crippen molar-refractivity contribution in [1.29, 1.82) is 0 Å². The predicted octanol–water partition coefficient (Wildman–Crippen LogP) is 3.94. The molecule has 2 amide bonds. The molecule has 0 atom stereocenters. The minimum Gasteiger partial charge on any atom is -0.496 e. The van der Waals surface area contributed by atoms with Crippen molar-refractivity contribution >= 4 is 39.1 Å². The molecule has 1 aliphatic heterocycles. The van der Waals surface area contributed by atoms with Crippen LogP contribution in [0.15, 0.2) is 40.9 Å². The summed E-state index contributed by atoms with van der Waals surface area (Å²) < 4.78 is 5.87. The van der Waals surface area contributed by atoms with Crippen LogP contribution in [0.5, 0.6) is 5.75 Å². The van der Waals surface area contributed by atoms with E-state index in [2.05, 4.69) is 26.6 Å². The van der Waals surface area contributed by atoms with Gasteiger partial charge in [0, 0.05) is 16.9 Å². The molecule has 0 spiro atoms. The third-order valence-electron chi connectivity index (χ3n) is 4.18. The maximum Gasteiger partial charge on any atom is 0.255 e. The van der Waals surface area contributed by atoms with E-state index >= 15 is 0 Å². The molecule has 0 radical (unpaired) electrons. The molecule has 0 fully saturated rings. The Morgan fingerprint density at radius 1 is 1.21 bits per heavy atom. The van der Waals surface area contributed by atoms with E-state index in [0.717, 1.165) is 11.3 Å². The molecule has 2 aromatic rings. The number of benzene rings is 2. The van der Waals surface area contributed by atoms with Crippen molar-refractivity contribution < 1.29 is 14.3 Å². The van der Waals surface area contributed by atoms with E-state index in [1.165, 1.54) is 0 Å². The maximum absolute atomic E-state index is 12.4. The topological polar surface area (TPSA) is 67.4 Å². The highest BCUT2D eigenvalue weighted by atomic mass is 79.9. The second-order valence-electron chi connectivity index (χ2n) is 6.14. The predicted molar refractivity (Wildman–Crippen MR) is 96.7 cm³/mol.